The third-order valence-electron chi connectivity index (χ3n) is 3.14. The van der Waals surface area contributed by atoms with Crippen molar-refractivity contribution >= 4 is 5.95 Å². The summed E-state index contributed by atoms with van der Waals surface area (Å²) in [5, 5.41) is 12.6. The molecule has 1 aliphatic rings. The second-order valence-corrected chi connectivity index (χ2v) is 6.12. The van der Waals surface area contributed by atoms with Crippen molar-refractivity contribution in [1.29, 1.82) is 0 Å². The van der Waals surface area contributed by atoms with E-state index in [9.17, 15) is 0 Å². The van der Waals surface area contributed by atoms with Crippen LogP contribution in [0.15, 0.2) is 12.4 Å². The van der Waals surface area contributed by atoms with Gasteiger partial charge >= 0.3 is 0 Å². The van der Waals surface area contributed by atoms with Crippen LogP contribution in [0.4, 0.5) is 5.95 Å². The zero-order valence-electron chi connectivity index (χ0n) is 12.5. The first-order valence-corrected chi connectivity index (χ1v) is 7.01. The lowest BCUT2D eigenvalue weighted by molar-refractivity contribution is 0.00313. The van der Waals surface area contributed by atoms with Gasteiger partial charge in [-0.25, -0.2) is 9.97 Å². The highest BCUT2D eigenvalue weighted by Crippen LogP contribution is 2.13. The van der Waals surface area contributed by atoms with Crippen LogP contribution >= 0.6 is 0 Å². The number of morpholine rings is 1. The molecular weight excluding hydrogens is 256 g/mol. The van der Waals surface area contributed by atoms with E-state index in [1.807, 2.05) is 17.3 Å². The molecule has 112 valence electrons. The van der Waals surface area contributed by atoms with Gasteiger partial charge in [0.25, 0.3) is 0 Å². The molecule has 1 aliphatic heterocycles. The molecule has 20 heavy (non-hydrogen) atoms. The predicted octanol–water partition coefficient (Wildman–Crippen LogP) is 0.562. The van der Waals surface area contributed by atoms with E-state index in [1.165, 1.54) is 0 Å². The van der Waals surface area contributed by atoms with Gasteiger partial charge in [-0.05, 0) is 20.8 Å². The van der Waals surface area contributed by atoms with Gasteiger partial charge in [-0.3, -0.25) is 0 Å². The van der Waals surface area contributed by atoms with Gasteiger partial charge in [-0.15, -0.1) is 0 Å². The topological polar surface area (TPSA) is 70.5 Å². The maximum Gasteiger partial charge on any atom is 0.225 e. The van der Waals surface area contributed by atoms with Crippen molar-refractivity contribution in [2.45, 2.75) is 39.0 Å². The van der Waals surface area contributed by atoms with Crippen molar-refractivity contribution in [3.05, 3.63) is 18.0 Å². The molecule has 0 aliphatic carbocycles. The molecule has 2 rings (SSSR count). The van der Waals surface area contributed by atoms with Crippen LogP contribution in [0.5, 0.6) is 0 Å². The second-order valence-electron chi connectivity index (χ2n) is 6.12. The lowest BCUT2D eigenvalue weighted by Gasteiger charge is -2.32. The van der Waals surface area contributed by atoms with Gasteiger partial charge in [0, 0.05) is 43.1 Å². The third kappa shape index (κ3) is 4.40. The molecule has 2 heterocycles. The fraction of sp³-hybridized carbons (Fsp3) is 0.714. The van der Waals surface area contributed by atoms with Crippen LogP contribution in [0.3, 0.4) is 0 Å². The summed E-state index contributed by atoms with van der Waals surface area (Å²) in [6, 6.07) is 0. The number of ether oxygens (including phenoxy) is 1. The number of hydrogen-bond acceptors (Lipinski definition) is 6. The zero-order valence-corrected chi connectivity index (χ0v) is 12.5. The monoisotopic (exact) mass is 280 g/mol. The first kappa shape index (κ1) is 15.2. The van der Waals surface area contributed by atoms with Crippen LogP contribution in [0.1, 0.15) is 26.3 Å². The van der Waals surface area contributed by atoms with Gasteiger partial charge in [-0.2, -0.15) is 0 Å². The Bertz CT molecular complexity index is 416. The lowest BCUT2D eigenvalue weighted by atomic mass is 10.1. The fourth-order valence-corrected chi connectivity index (χ4v) is 1.98. The highest BCUT2D eigenvalue weighted by Gasteiger charge is 2.21. The number of nitrogens with one attached hydrogen (secondary N) is 1. The van der Waals surface area contributed by atoms with Gasteiger partial charge in [0.2, 0.25) is 5.95 Å². The van der Waals surface area contributed by atoms with Gasteiger partial charge < -0.3 is 20.1 Å². The van der Waals surface area contributed by atoms with E-state index in [-0.39, 0.29) is 18.2 Å². The van der Waals surface area contributed by atoms with E-state index in [1.54, 1.807) is 0 Å². The molecule has 2 N–H and O–H groups in total. The number of aliphatic hydroxyl groups excluding tert-OH is 1. The number of hydrogen-bond donors (Lipinski definition) is 2. The lowest BCUT2D eigenvalue weighted by Crippen LogP contribution is -2.44. The zero-order chi connectivity index (χ0) is 14.6. The smallest absolute Gasteiger partial charge is 0.225 e. The minimum absolute atomic E-state index is 0.0318. The summed E-state index contributed by atoms with van der Waals surface area (Å²) in [7, 11) is 0. The Labute approximate surface area is 120 Å². The van der Waals surface area contributed by atoms with Gasteiger partial charge in [0.15, 0.2) is 0 Å². The molecule has 6 nitrogen and oxygen atoms in total. The summed E-state index contributed by atoms with van der Waals surface area (Å²) in [6.45, 7) is 9.17. The van der Waals surface area contributed by atoms with E-state index in [0.29, 0.717) is 19.1 Å². The first-order chi connectivity index (χ1) is 9.48. The van der Waals surface area contributed by atoms with Crippen LogP contribution in [-0.2, 0) is 11.3 Å². The van der Waals surface area contributed by atoms with E-state index >= 15 is 0 Å². The summed E-state index contributed by atoms with van der Waals surface area (Å²) in [5.41, 5.74) is 1.15. The summed E-state index contributed by atoms with van der Waals surface area (Å²) < 4.78 is 5.42. The minimum atomic E-state index is -0.144. The Hall–Kier alpha value is -1.24. The number of aromatic nitrogens is 2. The molecule has 0 saturated carbocycles. The molecule has 1 atom stereocenters. The maximum atomic E-state index is 9.15. The largest absolute Gasteiger partial charge is 0.394 e. The fourth-order valence-electron chi connectivity index (χ4n) is 1.98. The highest BCUT2D eigenvalue weighted by molar-refractivity contribution is 5.30. The number of nitrogens with zero attached hydrogens (tertiary/aromatic N) is 3. The molecule has 0 bridgehead atoms. The Kier molecular flexibility index (Phi) is 4.91. The molecule has 0 spiro atoms. The predicted molar refractivity (Wildman–Crippen MR) is 77.7 cm³/mol. The first-order valence-electron chi connectivity index (χ1n) is 7.01. The molecule has 0 aromatic carbocycles. The molecule has 1 saturated heterocycles. The standard InChI is InChI=1S/C14H24N4O2/c1-14(2,3)17-8-11-6-15-13(16-7-11)18-4-5-20-12(9-18)10-19/h6-7,12,17,19H,4-5,8-10H2,1-3H3. The van der Waals surface area contributed by atoms with E-state index in [2.05, 4.69) is 36.1 Å². The average Bonchev–Trinajstić information content (AvgIpc) is 2.45. The van der Waals surface area contributed by atoms with Crippen LogP contribution in [-0.4, -0.2) is 53.0 Å². The Morgan fingerprint density at radius 3 is 2.70 bits per heavy atom. The summed E-state index contributed by atoms with van der Waals surface area (Å²) >= 11 is 0. The molecule has 1 aromatic heterocycles. The van der Waals surface area contributed by atoms with Crippen molar-refractivity contribution in [1.82, 2.24) is 15.3 Å². The highest BCUT2D eigenvalue weighted by atomic mass is 16.5. The quantitative estimate of drug-likeness (QED) is 0.840. The normalized spacial score (nSPS) is 20.2. The molecule has 0 radical (unpaired) electrons. The molecule has 1 unspecified atom stereocenters. The van der Waals surface area contributed by atoms with E-state index in [0.717, 1.165) is 18.7 Å². The van der Waals surface area contributed by atoms with Crippen molar-refractivity contribution in [3.63, 3.8) is 0 Å². The Morgan fingerprint density at radius 1 is 1.40 bits per heavy atom. The summed E-state index contributed by atoms with van der Waals surface area (Å²) in [6.07, 6.45) is 3.56. The van der Waals surface area contributed by atoms with Gasteiger partial charge in [0.1, 0.15) is 0 Å². The Morgan fingerprint density at radius 2 is 2.10 bits per heavy atom. The van der Waals surface area contributed by atoms with Gasteiger partial charge in [-0.1, -0.05) is 0 Å². The van der Waals surface area contributed by atoms with Crippen molar-refractivity contribution < 1.29 is 9.84 Å². The summed E-state index contributed by atoms with van der Waals surface area (Å²) in [4.78, 5) is 10.9. The van der Waals surface area contributed by atoms with E-state index in [4.69, 9.17) is 9.84 Å². The van der Waals surface area contributed by atoms with Gasteiger partial charge in [0.05, 0.1) is 19.3 Å². The number of rotatable bonds is 4. The Balaban J connectivity index is 1.94. The van der Waals surface area contributed by atoms with Crippen molar-refractivity contribution in [3.8, 4) is 0 Å². The van der Waals surface area contributed by atoms with Crippen LogP contribution in [0, 0.1) is 0 Å². The molecule has 0 amide bonds. The minimum Gasteiger partial charge on any atom is -0.394 e. The number of anilines is 1. The van der Waals surface area contributed by atoms with E-state index < -0.39 is 0 Å². The molecule has 1 aromatic rings. The molecule has 6 heteroatoms. The van der Waals surface area contributed by atoms with Crippen LogP contribution in [0.25, 0.3) is 0 Å². The summed E-state index contributed by atoms with van der Waals surface area (Å²) in [5.74, 6) is 0.700. The third-order valence-corrected chi connectivity index (χ3v) is 3.14. The van der Waals surface area contributed by atoms with Crippen LogP contribution < -0.4 is 10.2 Å². The SMILES string of the molecule is CC(C)(C)NCc1cnc(N2CCOC(CO)C2)nc1. The molecular formula is C14H24N4O2. The van der Waals surface area contributed by atoms with Crippen LogP contribution in [0.2, 0.25) is 0 Å². The maximum absolute atomic E-state index is 9.15. The van der Waals surface area contributed by atoms with Crippen molar-refractivity contribution in [2.75, 3.05) is 31.2 Å². The van der Waals surface area contributed by atoms with Crippen molar-refractivity contribution in [2.24, 2.45) is 0 Å². The number of aliphatic hydroxyl groups is 1. The average molecular weight is 280 g/mol. The second kappa shape index (κ2) is 6.47. The molecule has 1 fully saturated rings.